The number of methoxy groups -OCH3 is 1. The number of amides is 1. The summed E-state index contributed by atoms with van der Waals surface area (Å²) in [7, 11) is 3.23. The molecule has 0 saturated heterocycles. The van der Waals surface area contributed by atoms with E-state index in [9.17, 15) is 13.6 Å². The normalized spacial score (nSPS) is 10.4. The molecule has 0 radical (unpaired) electrons. The van der Waals surface area contributed by atoms with E-state index < -0.39 is 6.61 Å². The molecule has 112 valence electrons. The summed E-state index contributed by atoms with van der Waals surface area (Å²) in [5.41, 5.74) is 0.166. The second-order valence-electron chi connectivity index (χ2n) is 4.00. The molecule has 5 nitrogen and oxygen atoms in total. The van der Waals surface area contributed by atoms with Crippen molar-refractivity contribution in [3.05, 3.63) is 18.2 Å². The number of carbonyl (C=O) groups excluding carboxylic acids is 1. The molecule has 2 N–H and O–H groups in total. The Labute approximate surface area is 116 Å². The van der Waals surface area contributed by atoms with Crippen molar-refractivity contribution >= 4 is 11.6 Å². The van der Waals surface area contributed by atoms with Crippen molar-refractivity contribution in [2.24, 2.45) is 0 Å². The van der Waals surface area contributed by atoms with Gasteiger partial charge in [0.05, 0.1) is 12.8 Å². The third kappa shape index (κ3) is 5.40. The molecule has 0 aliphatic heterocycles. The molecule has 20 heavy (non-hydrogen) atoms. The van der Waals surface area contributed by atoms with Gasteiger partial charge in [0.1, 0.15) is 11.5 Å². The maximum Gasteiger partial charge on any atom is 0.387 e. The van der Waals surface area contributed by atoms with E-state index in [1.54, 1.807) is 7.05 Å². The largest absolute Gasteiger partial charge is 0.497 e. The van der Waals surface area contributed by atoms with E-state index in [0.29, 0.717) is 18.7 Å². The SMILES string of the molecule is CNCCCC(=O)Nc1cc(OC)ccc1OC(F)F. The number of nitrogens with one attached hydrogen (secondary N) is 2. The summed E-state index contributed by atoms with van der Waals surface area (Å²) in [5.74, 6) is 0.0764. The minimum atomic E-state index is -2.96. The predicted molar refractivity (Wildman–Crippen MR) is 71.4 cm³/mol. The lowest BCUT2D eigenvalue weighted by molar-refractivity contribution is -0.116. The van der Waals surface area contributed by atoms with Crippen LogP contribution in [0.2, 0.25) is 0 Å². The number of rotatable bonds is 8. The first-order valence-corrected chi connectivity index (χ1v) is 6.14. The van der Waals surface area contributed by atoms with Crippen LogP contribution in [-0.2, 0) is 4.79 Å². The standard InChI is InChI=1S/C13H18F2N2O3/c1-16-7-3-4-12(18)17-10-8-9(19-2)5-6-11(10)20-13(14)15/h5-6,8,13,16H,3-4,7H2,1-2H3,(H,17,18). The maximum atomic E-state index is 12.3. The van der Waals surface area contributed by atoms with Crippen LogP contribution in [0.3, 0.4) is 0 Å². The van der Waals surface area contributed by atoms with Crippen molar-refractivity contribution in [3.63, 3.8) is 0 Å². The molecule has 0 fully saturated rings. The van der Waals surface area contributed by atoms with Crippen LogP contribution in [0, 0.1) is 0 Å². The molecule has 0 bridgehead atoms. The maximum absolute atomic E-state index is 12.3. The summed E-state index contributed by atoms with van der Waals surface area (Å²) in [6.45, 7) is -2.25. The molecular formula is C13H18F2N2O3. The van der Waals surface area contributed by atoms with Gasteiger partial charge in [-0.1, -0.05) is 0 Å². The van der Waals surface area contributed by atoms with Gasteiger partial charge in [-0.05, 0) is 32.1 Å². The first-order valence-electron chi connectivity index (χ1n) is 6.14. The molecule has 0 aromatic heterocycles. The average Bonchev–Trinajstić information content (AvgIpc) is 2.40. The van der Waals surface area contributed by atoms with E-state index >= 15 is 0 Å². The van der Waals surface area contributed by atoms with Gasteiger partial charge in [0.25, 0.3) is 0 Å². The highest BCUT2D eigenvalue weighted by molar-refractivity contribution is 5.92. The van der Waals surface area contributed by atoms with Crippen LogP contribution in [0.1, 0.15) is 12.8 Å². The lowest BCUT2D eigenvalue weighted by atomic mass is 10.2. The molecule has 1 amide bonds. The number of halogens is 2. The number of anilines is 1. The van der Waals surface area contributed by atoms with Gasteiger partial charge in [-0.15, -0.1) is 0 Å². The van der Waals surface area contributed by atoms with E-state index in [-0.39, 0.29) is 23.8 Å². The molecule has 7 heteroatoms. The molecule has 0 spiro atoms. The van der Waals surface area contributed by atoms with Crippen LogP contribution >= 0.6 is 0 Å². The van der Waals surface area contributed by atoms with Crippen LogP contribution in [-0.4, -0.2) is 33.2 Å². The zero-order valence-corrected chi connectivity index (χ0v) is 11.4. The molecule has 0 saturated carbocycles. The predicted octanol–water partition coefficient (Wildman–Crippen LogP) is 2.23. The average molecular weight is 288 g/mol. The smallest absolute Gasteiger partial charge is 0.387 e. The summed E-state index contributed by atoms with van der Waals surface area (Å²) in [6, 6.07) is 4.25. The van der Waals surface area contributed by atoms with E-state index in [4.69, 9.17) is 4.74 Å². The van der Waals surface area contributed by atoms with Crippen LogP contribution in [0.5, 0.6) is 11.5 Å². The van der Waals surface area contributed by atoms with E-state index in [2.05, 4.69) is 15.4 Å². The van der Waals surface area contributed by atoms with Crippen molar-refractivity contribution < 1.29 is 23.0 Å². The Bertz CT molecular complexity index is 442. The van der Waals surface area contributed by atoms with Crippen molar-refractivity contribution in [1.29, 1.82) is 0 Å². The van der Waals surface area contributed by atoms with E-state index in [1.165, 1.54) is 25.3 Å². The quantitative estimate of drug-likeness (QED) is 0.720. The van der Waals surface area contributed by atoms with Gasteiger partial charge in [-0.2, -0.15) is 8.78 Å². The fourth-order valence-electron chi connectivity index (χ4n) is 1.57. The van der Waals surface area contributed by atoms with Gasteiger partial charge >= 0.3 is 6.61 Å². The van der Waals surface area contributed by atoms with Crippen LogP contribution in [0.25, 0.3) is 0 Å². The van der Waals surface area contributed by atoms with Crippen LogP contribution < -0.4 is 20.1 Å². The molecule has 0 atom stereocenters. The van der Waals surface area contributed by atoms with Gasteiger partial charge < -0.3 is 20.1 Å². The van der Waals surface area contributed by atoms with Crippen molar-refractivity contribution in [2.75, 3.05) is 26.0 Å². The topological polar surface area (TPSA) is 59.6 Å². The fraction of sp³-hybridized carbons (Fsp3) is 0.462. The summed E-state index contributed by atoms with van der Waals surface area (Å²) >= 11 is 0. The zero-order valence-electron chi connectivity index (χ0n) is 11.4. The zero-order chi connectivity index (χ0) is 15.0. The van der Waals surface area contributed by atoms with Gasteiger partial charge in [0.2, 0.25) is 5.91 Å². The Balaban J connectivity index is 2.76. The van der Waals surface area contributed by atoms with Gasteiger partial charge in [-0.3, -0.25) is 4.79 Å². The molecule has 1 rings (SSSR count). The number of hydrogen-bond acceptors (Lipinski definition) is 4. The van der Waals surface area contributed by atoms with Crippen molar-refractivity contribution in [2.45, 2.75) is 19.5 Å². The van der Waals surface area contributed by atoms with Gasteiger partial charge in [0.15, 0.2) is 0 Å². The second-order valence-corrected chi connectivity index (χ2v) is 4.00. The minimum Gasteiger partial charge on any atom is -0.497 e. The Morgan fingerprint density at radius 3 is 2.75 bits per heavy atom. The third-order valence-corrected chi connectivity index (χ3v) is 2.51. The monoisotopic (exact) mass is 288 g/mol. The number of hydrogen-bond donors (Lipinski definition) is 2. The molecular weight excluding hydrogens is 270 g/mol. The van der Waals surface area contributed by atoms with Crippen molar-refractivity contribution in [3.8, 4) is 11.5 Å². The summed E-state index contributed by atoms with van der Waals surface area (Å²) in [5, 5.41) is 5.46. The van der Waals surface area contributed by atoms with Crippen LogP contribution in [0.15, 0.2) is 18.2 Å². The van der Waals surface area contributed by atoms with E-state index in [0.717, 1.165) is 0 Å². The minimum absolute atomic E-state index is 0.0947. The third-order valence-electron chi connectivity index (χ3n) is 2.51. The lowest BCUT2D eigenvalue weighted by Gasteiger charge is -2.13. The Morgan fingerprint density at radius 1 is 1.40 bits per heavy atom. The Morgan fingerprint density at radius 2 is 2.15 bits per heavy atom. The number of carbonyl (C=O) groups is 1. The molecule has 0 aliphatic rings. The summed E-state index contributed by atoms with van der Waals surface area (Å²) in [6.07, 6.45) is 0.934. The lowest BCUT2D eigenvalue weighted by Crippen LogP contribution is -2.16. The Hall–Kier alpha value is -1.89. The molecule has 0 aliphatic carbocycles. The second kappa shape index (κ2) is 8.31. The van der Waals surface area contributed by atoms with Crippen LogP contribution in [0.4, 0.5) is 14.5 Å². The fourth-order valence-corrected chi connectivity index (χ4v) is 1.57. The molecule has 1 aromatic carbocycles. The first-order chi connectivity index (χ1) is 9.56. The summed E-state index contributed by atoms with van der Waals surface area (Å²) in [4.78, 5) is 11.7. The summed E-state index contributed by atoms with van der Waals surface area (Å²) < 4.78 is 33.9. The van der Waals surface area contributed by atoms with Gasteiger partial charge in [-0.25, -0.2) is 0 Å². The highest BCUT2D eigenvalue weighted by Crippen LogP contribution is 2.30. The highest BCUT2D eigenvalue weighted by atomic mass is 19.3. The van der Waals surface area contributed by atoms with Gasteiger partial charge in [0, 0.05) is 12.5 Å². The number of alkyl halides is 2. The van der Waals surface area contributed by atoms with E-state index in [1.807, 2.05) is 0 Å². The number of ether oxygens (including phenoxy) is 2. The van der Waals surface area contributed by atoms with Crippen molar-refractivity contribution in [1.82, 2.24) is 5.32 Å². The first kappa shape index (κ1) is 16.2. The molecule has 0 heterocycles. The highest BCUT2D eigenvalue weighted by Gasteiger charge is 2.13. The Kier molecular flexibility index (Phi) is 6.72. The molecule has 1 aromatic rings. The molecule has 0 unspecified atom stereocenters. The number of benzene rings is 1.